The summed E-state index contributed by atoms with van der Waals surface area (Å²) in [6.45, 7) is 4.25. The molecule has 4 nitrogen and oxygen atoms in total. The highest BCUT2D eigenvalue weighted by Gasteiger charge is 2.24. The van der Waals surface area contributed by atoms with Crippen molar-refractivity contribution in [3.8, 4) is 0 Å². The van der Waals surface area contributed by atoms with E-state index < -0.39 is 0 Å². The average Bonchev–Trinajstić information content (AvgIpc) is 3.04. The fraction of sp³-hybridized carbons (Fsp3) is 0.333. The van der Waals surface area contributed by atoms with Crippen LogP contribution in [0, 0.1) is 0 Å². The van der Waals surface area contributed by atoms with Gasteiger partial charge in [-0.1, -0.05) is 29.8 Å². The highest BCUT2D eigenvalue weighted by atomic mass is 79.9. The lowest BCUT2D eigenvalue weighted by atomic mass is 10.2. The van der Waals surface area contributed by atoms with Gasteiger partial charge < -0.3 is 10.6 Å². The number of carbonyl (C=O) groups excluding carboxylic acids is 1. The highest BCUT2D eigenvalue weighted by molar-refractivity contribution is 9.10. The second-order valence-corrected chi connectivity index (χ2v) is 8.74. The van der Waals surface area contributed by atoms with Gasteiger partial charge in [0.15, 0.2) is 0 Å². The van der Waals surface area contributed by atoms with E-state index >= 15 is 0 Å². The van der Waals surface area contributed by atoms with Crippen LogP contribution in [0.3, 0.4) is 0 Å². The summed E-state index contributed by atoms with van der Waals surface area (Å²) in [4.78, 5) is 18.4. The molecule has 0 bridgehead atoms. The van der Waals surface area contributed by atoms with Crippen molar-refractivity contribution in [2.45, 2.75) is 32.1 Å². The van der Waals surface area contributed by atoms with Gasteiger partial charge in [-0.05, 0) is 36.8 Å². The van der Waals surface area contributed by atoms with E-state index in [0.717, 1.165) is 28.8 Å². The summed E-state index contributed by atoms with van der Waals surface area (Å²) in [6.07, 6.45) is 1.88. The largest absolute Gasteiger partial charge is 0.335 e. The zero-order valence-electron chi connectivity index (χ0n) is 14.1. The lowest BCUT2D eigenvalue weighted by molar-refractivity contribution is -0.113. The number of aliphatic imine (C=N–C) groups is 1. The summed E-state index contributed by atoms with van der Waals surface area (Å²) in [5.74, 6) is 1.35. The van der Waals surface area contributed by atoms with E-state index in [0.29, 0.717) is 5.75 Å². The Morgan fingerprint density at radius 1 is 1.32 bits per heavy atom. The molecule has 25 heavy (non-hydrogen) atoms. The second kappa shape index (κ2) is 8.38. The molecule has 2 N–H and O–H groups in total. The third-order valence-corrected chi connectivity index (χ3v) is 6.64. The first-order valence-corrected chi connectivity index (χ1v) is 10.9. The quantitative estimate of drug-likeness (QED) is 0.610. The van der Waals surface area contributed by atoms with Crippen LogP contribution in [0.1, 0.15) is 36.1 Å². The lowest BCUT2D eigenvalue weighted by Crippen LogP contribution is -2.19. The van der Waals surface area contributed by atoms with Crippen LogP contribution in [0.2, 0.25) is 0 Å². The zero-order valence-corrected chi connectivity index (χ0v) is 17.4. The van der Waals surface area contributed by atoms with Gasteiger partial charge in [0, 0.05) is 27.0 Å². The number of hydrogen-bond acceptors (Lipinski definition) is 5. The molecule has 1 unspecified atom stereocenters. The number of amidine groups is 1. The molecule has 1 amide bonds. The van der Waals surface area contributed by atoms with Crippen molar-refractivity contribution >= 4 is 61.5 Å². The molecule has 2 heterocycles. The number of thioether (sulfide) groups is 1. The number of thiophene rings is 1. The highest BCUT2D eigenvalue weighted by Crippen LogP contribution is 2.43. The van der Waals surface area contributed by atoms with E-state index in [1.165, 1.54) is 15.4 Å². The van der Waals surface area contributed by atoms with Crippen molar-refractivity contribution in [2.75, 3.05) is 16.4 Å². The number of fused-ring (bicyclic) bond motifs is 1. The van der Waals surface area contributed by atoms with Gasteiger partial charge in [-0.3, -0.25) is 9.79 Å². The molecule has 0 saturated heterocycles. The summed E-state index contributed by atoms with van der Waals surface area (Å²) in [7, 11) is 0. The Labute approximate surface area is 164 Å². The van der Waals surface area contributed by atoms with Crippen LogP contribution in [0.4, 0.5) is 10.7 Å². The van der Waals surface area contributed by atoms with E-state index in [-0.39, 0.29) is 11.3 Å². The minimum atomic E-state index is -0.0154. The summed E-state index contributed by atoms with van der Waals surface area (Å²) >= 11 is 6.75. The number of carbonyl (C=O) groups is 1. The predicted octanol–water partition coefficient (Wildman–Crippen LogP) is 5.68. The first-order valence-electron chi connectivity index (χ1n) is 8.22. The molecule has 1 aliphatic rings. The number of nitrogens with one attached hydrogen (secondary N) is 2. The normalized spacial score (nSPS) is 16.0. The number of rotatable bonds is 6. The Morgan fingerprint density at radius 2 is 2.08 bits per heavy atom. The first kappa shape index (κ1) is 18.5. The molecule has 2 aromatic rings. The van der Waals surface area contributed by atoms with Crippen molar-refractivity contribution in [3.63, 3.8) is 0 Å². The van der Waals surface area contributed by atoms with Crippen LogP contribution >= 0.6 is 39.0 Å². The number of hydrogen-bond donors (Lipinski definition) is 2. The van der Waals surface area contributed by atoms with Crippen molar-refractivity contribution in [2.24, 2.45) is 4.99 Å². The molecule has 132 valence electrons. The second-order valence-electron chi connectivity index (χ2n) is 5.62. The SMILES string of the molecule is CCC1=NC(SCC(=O)Nc2ccc(Br)cc2)c2cc(CC)sc2N1. The van der Waals surface area contributed by atoms with Crippen molar-refractivity contribution in [1.82, 2.24) is 0 Å². The Morgan fingerprint density at radius 3 is 2.76 bits per heavy atom. The maximum atomic E-state index is 12.3. The Bertz CT molecular complexity index is 786. The van der Waals surface area contributed by atoms with Crippen LogP contribution in [-0.2, 0) is 11.2 Å². The first-order chi connectivity index (χ1) is 12.1. The number of amides is 1. The average molecular weight is 438 g/mol. The molecular formula is C18H20BrN3OS2. The lowest BCUT2D eigenvalue weighted by Gasteiger charge is -2.21. The van der Waals surface area contributed by atoms with Crippen LogP contribution in [0.5, 0.6) is 0 Å². The standard InChI is InChI=1S/C18H20BrN3OS2/c1-3-13-9-14-17(21-15(4-2)22-18(14)25-13)24-10-16(23)20-12-7-5-11(19)6-8-12/h5-9,17H,3-4,10H2,1-2H3,(H,20,23)(H,21,22). The third-order valence-electron chi connectivity index (χ3n) is 3.79. The molecule has 1 aromatic carbocycles. The van der Waals surface area contributed by atoms with Crippen molar-refractivity contribution in [3.05, 3.63) is 45.2 Å². The van der Waals surface area contributed by atoms with E-state index in [2.05, 4.69) is 46.5 Å². The minimum Gasteiger partial charge on any atom is -0.335 e. The number of benzene rings is 1. The molecule has 0 radical (unpaired) electrons. The molecule has 3 rings (SSSR count). The zero-order chi connectivity index (χ0) is 17.8. The monoisotopic (exact) mass is 437 g/mol. The number of halogens is 1. The van der Waals surface area contributed by atoms with Crippen molar-refractivity contribution in [1.29, 1.82) is 0 Å². The summed E-state index contributed by atoms with van der Waals surface area (Å²) in [5.41, 5.74) is 2.00. The topological polar surface area (TPSA) is 53.5 Å². The van der Waals surface area contributed by atoms with Gasteiger partial charge in [0.25, 0.3) is 0 Å². The summed E-state index contributed by atoms with van der Waals surface area (Å²) in [6, 6.07) is 9.81. The molecule has 1 aliphatic heterocycles. The Balaban J connectivity index is 1.65. The molecule has 0 saturated carbocycles. The Hall–Kier alpha value is -1.31. The third kappa shape index (κ3) is 4.65. The molecule has 0 aliphatic carbocycles. The van der Waals surface area contributed by atoms with E-state index in [1.54, 1.807) is 23.1 Å². The van der Waals surface area contributed by atoms with E-state index in [1.807, 2.05) is 24.3 Å². The van der Waals surface area contributed by atoms with Gasteiger partial charge in [0.05, 0.1) is 5.75 Å². The van der Waals surface area contributed by atoms with E-state index in [9.17, 15) is 4.79 Å². The maximum Gasteiger partial charge on any atom is 0.234 e. The summed E-state index contributed by atoms with van der Waals surface area (Å²) < 4.78 is 0.993. The van der Waals surface area contributed by atoms with Crippen LogP contribution in [0.15, 0.2) is 39.8 Å². The number of anilines is 2. The Kier molecular flexibility index (Phi) is 6.19. The predicted molar refractivity (Wildman–Crippen MR) is 113 cm³/mol. The van der Waals surface area contributed by atoms with Gasteiger partial charge in [-0.2, -0.15) is 0 Å². The molecule has 1 atom stereocenters. The van der Waals surface area contributed by atoms with E-state index in [4.69, 9.17) is 4.99 Å². The molecule has 1 aromatic heterocycles. The van der Waals surface area contributed by atoms with Gasteiger partial charge in [0.2, 0.25) is 5.91 Å². The van der Waals surface area contributed by atoms with Crippen molar-refractivity contribution < 1.29 is 4.79 Å². The van der Waals surface area contributed by atoms with Crippen LogP contribution in [-0.4, -0.2) is 17.5 Å². The summed E-state index contributed by atoms with van der Waals surface area (Å²) in [5, 5.41) is 7.51. The fourth-order valence-corrected chi connectivity index (χ4v) is 4.82. The minimum absolute atomic E-state index is 0.00778. The molecule has 0 spiro atoms. The van der Waals surface area contributed by atoms with Gasteiger partial charge in [0.1, 0.15) is 16.2 Å². The van der Waals surface area contributed by atoms with Gasteiger partial charge in [-0.15, -0.1) is 23.1 Å². The number of aryl methyl sites for hydroxylation is 1. The van der Waals surface area contributed by atoms with Crippen LogP contribution in [0.25, 0.3) is 0 Å². The van der Waals surface area contributed by atoms with Gasteiger partial charge >= 0.3 is 0 Å². The fourth-order valence-electron chi connectivity index (χ4n) is 2.48. The molecular weight excluding hydrogens is 418 g/mol. The molecule has 0 fully saturated rings. The maximum absolute atomic E-state index is 12.3. The molecule has 7 heteroatoms. The van der Waals surface area contributed by atoms with Gasteiger partial charge in [-0.25, -0.2) is 0 Å². The number of nitrogens with zero attached hydrogens (tertiary/aromatic N) is 1. The van der Waals surface area contributed by atoms with Crippen LogP contribution < -0.4 is 10.6 Å². The smallest absolute Gasteiger partial charge is 0.234 e.